The lowest BCUT2D eigenvalue weighted by atomic mass is 9.80. The third kappa shape index (κ3) is 3.03. The molecular weight excluding hydrogens is 208 g/mol. The Kier molecular flexibility index (Phi) is 4.14. The van der Waals surface area contributed by atoms with Gasteiger partial charge in [0.15, 0.2) is 0 Å². The van der Waals surface area contributed by atoms with Crippen LogP contribution in [0.15, 0.2) is 0 Å². The minimum Gasteiger partial charge on any atom is -0.329 e. The van der Waals surface area contributed by atoms with Gasteiger partial charge in [-0.25, -0.2) is 0 Å². The molecule has 1 saturated carbocycles. The smallest absolute Gasteiger partial charge is 0.0331 e. The first-order valence-electron chi connectivity index (χ1n) is 7.53. The summed E-state index contributed by atoms with van der Waals surface area (Å²) in [4.78, 5) is 2.75. The number of hydrogen-bond donors (Lipinski definition) is 1. The first-order chi connectivity index (χ1) is 8.08. The summed E-state index contributed by atoms with van der Waals surface area (Å²) in [6.45, 7) is 8.26. The van der Waals surface area contributed by atoms with Crippen LogP contribution in [0.1, 0.15) is 65.2 Å². The van der Waals surface area contributed by atoms with Gasteiger partial charge >= 0.3 is 0 Å². The summed E-state index contributed by atoms with van der Waals surface area (Å²) in [5.41, 5.74) is 7.05. The molecule has 1 heterocycles. The van der Waals surface area contributed by atoms with Crippen LogP contribution in [0.4, 0.5) is 0 Å². The van der Waals surface area contributed by atoms with Crippen LogP contribution in [-0.2, 0) is 0 Å². The second-order valence-corrected chi connectivity index (χ2v) is 6.99. The first kappa shape index (κ1) is 13.4. The van der Waals surface area contributed by atoms with Crippen molar-refractivity contribution < 1.29 is 0 Å². The number of nitrogens with zero attached hydrogens (tertiary/aromatic N) is 1. The summed E-state index contributed by atoms with van der Waals surface area (Å²) in [6, 6.07) is 0. The molecule has 0 unspecified atom stereocenters. The van der Waals surface area contributed by atoms with Gasteiger partial charge in [0.05, 0.1) is 0 Å². The van der Waals surface area contributed by atoms with Crippen molar-refractivity contribution in [1.82, 2.24) is 4.90 Å². The number of rotatable bonds is 2. The number of likely N-dealkylation sites (tertiary alicyclic amines) is 1. The van der Waals surface area contributed by atoms with E-state index < -0.39 is 0 Å². The molecule has 0 amide bonds. The van der Waals surface area contributed by atoms with Gasteiger partial charge in [0.1, 0.15) is 0 Å². The summed E-state index contributed by atoms with van der Waals surface area (Å²) < 4.78 is 0. The maximum atomic E-state index is 6.15. The molecule has 0 aromatic carbocycles. The Morgan fingerprint density at radius 2 is 1.59 bits per heavy atom. The third-order valence-corrected chi connectivity index (χ3v) is 5.18. The fourth-order valence-corrected chi connectivity index (χ4v) is 3.76. The van der Waals surface area contributed by atoms with Crippen LogP contribution in [0.25, 0.3) is 0 Å². The molecule has 17 heavy (non-hydrogen) atoms. The largest absolute Gasteiger partial charge is 0.329 e. The average Bonchev–Trinajstić information content (AvgIpc) is 2.51. The molecule has 2 rings (SSSR count). The van der Waals surface area contributed by atoms with Gasteiger partial charge in [0.25, 0.3) is 0 Å². The van der Waals surface area contributed by atoms with Crippen molar-refractivity contribution in [1.29, 1.82) is 0 Å². The van der Waals surface area contributed by atoms with Gasteiger partial charge in [0, 0.05) is 12.1 Å². The summed E-state index contributed by atoms with van der Waals surface area (Å²) in [5, 5.41) is 0. The monoisotopic (exact) mass is 238 g/mol. The summed E-state index contributed by atoms with van der Waals surface area (Å²) in [7, 11) is 0. The highest BCUT2D eigenvalue weighted by Gasteiger charge is 2.38. The minimum absolute atomic E-state index is 0.360. The molecule has 0 bridgehead atoms. The topological polar surface area (TPSA) is 29.3 Å². The predicted octanol–water partition coefficient (Wildman–Crippen LogP) is 3.16. The van der Waals surface area contributed by atoms with E-state index in [1.807, 2.05) is 0 Å². The normalized spacial score (nSPS) is 29.8. The Bertz CT molecular complexity index is 241. The fourth-order valence-electron chi connectivity index (χ4n) is 3.76. The second kappa shape index (κ2) is 5.27. The van der Waals surface area contributed by atoms with Crippen molar-refractivity contribution in [2.75, 3.05) is 19.6 Å². The first-order valence-corrected chi connectivity index (χ1v) is 7.53. The van der Waals surface area contributed by atoms with Crippen molar-refractivity contribution in [2.24, 2.45) is 11.1 Å². The fraction of sp³-hybridized carbons (Fsp3) is 1.00. The van der Waals surface area contributed by atoms with E-state index >= 15 is 0 Å². The second-order valence-electron chi connectivity index (χ2n) is 6.99. The third-order valence-electron chi connectivity index (χ3n) is 5.18. The molecule has 0 aromatic rings. The van der Waals surface area contributed by atoms with Gasteiger partial charge in [-0.05, 0) is 50.6 Å². The zero-order chi connectivity index (χ0) is 12.4. The Morgan fingerprint density at radius 1 is 0.882 bits per heavy atom. The van der Waals surface area contributed by atoms with Gasteiger partial charge in [-0.1, -0.05) is 33.1 Å². The van der Waals surface area contributed by atoms with E-state index in [-0.39, 0.29) is 0 Å². The number of nitrogens with two attached hydrogens (primary N) is 1. The molecule has 1 saturated heterocycles. The predicted molar refractivity (Wildman–Crippen MR) is 74.1 cm³/mol. The van der Waals surface area contributed by atoms with E-state index in [1.165, 1.54) is 64.5 Å². The molecule has 2 fully saturated rings. The van der Waals surface area contributed by atoms with Crippen LogP contribution >= 0.6 is 0 Å². The van der Waals surface area contributed by atoms with Crippen molar-refractivity contribution in [3.05, 3.63) is 0 Å². The van der Waals surface area contributed by atoms with E-state index in [4.69, 9.17) is 5.73 Å². The van der Waals surface area contributed by atoms with Crippen molar-refractivity contribution in [3.8, 4) is 0 Å². The number of hydrogen-bond acceptors (Lipinski definition) is 2. The standard InChI is InChI=1S/C15H30N2/c1-14(2)7-6-11-17(12-10-14)15(13-16)8-4-3-5-9-15/h3-13,16H2,1-2H3. The van der Waals surface area contributed by atoms with Crippen molar-refractivity contribution >= 4 is 0 Å². The lowest BCUT2D eigenvalue weighted by Crippen LogP contribution is -2.55. The van der Waals surface area contributed by atoms with Crippen molar-refractivity contribution in [3.63, 3.8) is 0 Å². The van der Waals surface area contributed by atoms with E-state index in [0.29, 0.717) is 11.0 Å². The van der Waals surface area contributed by atoms with Crippen LogP contribution in [-0.4, -0.2) is 30.1 Å². The Morgan fingerprint density at radius 3 is 2.24 bits per heavy atom. The summed E-state index contributed by atoms with van der Waals surface area (Å²) >= 11 is 0. The van der Waals surface area contributed by atoms with Gasteiger partial charge < -0.3 is 5.73 Å². The highest BCUT2D eigenvalue weighted by atomic mass is 15.2. The van der Waals surface area contributed by atoms with E-state index in [0.717, 1.165) is 6.54 Å². The van der Waals surface area contributed by atoms with Gasteiger partial charge in [-0.2, -0.15) is 0 Å². The minimum atomic E-state index is 0.360. The quantitative estimate of drug-likeness (QED) is 0.800. The lowest BCUT2D eigenvalue weighted by molar-refractivity contribution is 0.0577. The molecule has 0 aromatic heterocycles. The van der Waals surface area contributed by atoms with Gasteiger partial charge in [-0.15, -0.1) is 0 Å². The van der Waals surface area contributed by atoms with E-state index in [1.54, 1.807) is 0 Å². The molecule has 2 N–H and O–H groups in total. The molecule has 0 atom stereocenters. The van der Waals surface area contributed by atoms with Crippen LogP contribution in [0, 0.1) is 5.41 Å². The van der Waals surface area contributed by atoms with Crippen LogP contribution in [0.5, 0.6) is 0 Å². The molecule has 1 aliphatic carbocycles. The SMILES string of the molecule is CC1(C)CCCN(C2(CN)CCCCC2)CC1. The molecule has 100 valence electrons. The highest BCUT2D eigenvalue weighted by Crippen LogP contribution is 2.37. The maximum Gasteiger partial charge on any atom is 0.0331 e. The Labute approximate surface area is 107 Å². The molecule has 0 spiro atoms. The zero-order valence-corrected chi connectivity index (χ0v) is 11.8. The van der Waals surface area contributed by atoms with Gasteiger partial charge in [-0.3, -0.25) is 4.90 Å². The molecule has 1 aliphatic heterocycles. The molecular formula is C15H30N2. The van der Waals surface area contributed by atoms with Crippen LogP contribution in [0.2, 0.25) is 0 Å². The molecule has 2 aliphatic rings. The maximum absolute atomic E-state index is 6.15. The Balaban J connectivity index is 2.04. The van der Waals surface area contributed by atoms with Crippen LogP contribution < -0.4 is 5.73 Å². The van der Waals surface area contributed by atoms with E-state index in [9.17, 15) is 0 Å². The lowest BCUT2D eigenvalue weighted by Gasteiger charge is -2.46. The van der Waals surface area contributed by atoms with Crippen LogP contribution in [0.3, 0.4) is 0 Å². The molecule has 2 nitrogen and oxygen atoms in total. The average molecular weight is 238 g/mol. The highest BCUT2D eigenvalue weighted by molar-refractivity contribution is 4.95. The molecule has 0 radical (unpaired) electrons. The molecule has 2 heteroatoms. The van der Waals surface area contributed by atoms with Crippen molar-refractivity contribution in [2.45, 2.75) is 70.8 Å². The Hall–Kier alpha value is -0.0800. The van der Waals surface area contributed by atoms with E-state index in [2.05, 4.69) is 18.7 Å². The van der Waals surface area contributed by atoms with Gasteiger partial charge in [0.2, 0.25) is 0 Å². The summed E-state index contributed by atoms with van der Waals surface area (Å²) in [6.07, 6.45) is 10.9. The summed E-state index contributed by atoms with van der Waals surface area (Å²) in [5.74, 6) is 0. The zero-order valence-electron chi connectivity index (χ0n) is 11.8.